The first-order valence-corrected chi connectivity index (χ1v) is 8.59. The molecular formula is C20H20N4O2. The number of aromatic nitrogens is 3. The molecule has 3 heterocycles. The van der Waals surface area contributed by atoms with Gasteiger partial charge >= 0.3 is 0 Å². The van der Waals surface area contributed by atoms with E-state index in [0.29, 0.717) is 24.7 Å². The van der Waals surface area contributed by atoms with Crippen LogP contribution in [0.2, 0.25) is 0 Å². The average molecular weight is 348 g/mol. The first-order chi connectivity index (χ1) is 12.6. The van der Waals surface area contributed by atoms with Crippen LogP contribution in [0.15, 0.2) is 54.6 Å². The summed E-state index contributed by atoms with van der Waals surface area (Å²) in [6, 6.07) is 17.4. The molecule has 1 aliphatic rings. The predicted octanol–water partition coefficient (Wildman–Crippen LogP) is 2.69. The van der Waals surface area contributed by atoms with Gasteiger partial charge in [-0.15, -0.1) is 0 Å². The van der Waals surface area contributed by atoms with Gasteiger partial charge in [0.25, 0.3) is 5.91 Å². The molecule has 3 aromatic rings. The monoisotopic (exact) mass is 348 g/mol. The first-order valence-electron chi connectivity index (χ1n) is 8.59. The lowest BCUT2D eigenvalue weighted by Crippen LogP contribution is -2.56. The van der Waals surface area contributed by atoms with E-state index in [1.807, 2.05) is 61.5 Å². The number of carbonyl (C=O) groups excluding carboxylic acids is 1. The fourth-order valence-corrected chi connectivity index (χ4v) is 3.01. The predicted molar refractivity (Wildman–Crippen MR) is 97.9 cm³/mol. The van der Waals surface area contributed by atoms with Crippen molar-refractivity contribution in [2.45, 2.75) is 13.0 Å². The van der Waals surface area contributed by atoms with E-state index in [-0.39, 0.29) is 12.0 Å². The van der Waals surface area contributed by atoms with E-state index in [1.54, 1.807) is 16.6 Å². The Morgan fingerprint density at radius 2 is 1.88 bits per heavy atom. The van der Waals surface area contributed by atoms with Crippen molar-refractivity contribution in [3.05, 3.63) is 66.0 Å². The number of nitrogens with zero attached hydrogens (tertiary/aromatic N) is 4. The lowest BCUT2D eigenvalue weighted by Gasteiger charge is -2.38. The van der Waals surface area contributed by atoms with Crippen LogP contribution in [0.4, 0.5) is 0 Å². The quantitative estimate of drug-likeness (QED) is 0.727. The van der Waals surface area contributed by atoms with Gasteiger partial charge < -0.3 is 9.64 Å². The van der Waals surface area contributed by atoms with E-state index >= 15 is 0 Å². The Labute approximate surface area is 152 Å². The highest BCUT2D eigenvalue weighted by molar-refractivity contribution is 5.94. The van der Waals surface area contributed by atoms with Crippen LogP contribution in [0.3, 0.4) is 0 Å². The fourth-order valence-electron chi connectivity index (χ4n) is 3.01. The molecule has 0 N–H and O–H groups in total. The Hall–Kier alpha value is -3.15. The lowest BCUT2D eigenvalue weighted by molar-refractivity contribution is 0.0151. The van der Waals surface area contributed by atoms with Gasteiger partial charge in [0.2, 0.25) is 5.88 Å². The second-order valence-corrected chi connectivity index (χ2v) is 6.47. The summed E-state index contributed by atoms with van der Waals surface area (Å²) in [6.07, 6.45) is -0.0185. The minimum atomic E-state index is -0.0285. The Morgan fingerprint density at radius 3 is 2.62 bits per heavy atom. The maximum Gasteiger partial charge on any atom is 0.272 e. The molecule has 6 heteroatoms. The van der Waals surface area contributed by atoms with E-state index in [2.05, 4.69) is 10.1 Å². The van der Waals surface area contributed by atoms with Crippen LogP contribution in [-0.4, -0.2) is 44.8 Å². The van der Waals surface area contributed by atoms with Crippen LogP contribution in [0, 0.1) is 6.92 Å². The van der Waals surface area contributed by atoms with Crippen LogP contribution in [0.25, 0.3) is 11.3 Å². The molecule has 26 heavy (non-hydrogen) atoms. The normalized spacial score (nSPS) is 14.2. The summed E-state index contributed by atoms with van der Waals surface area (Å²) in [5, 5.41) is 4.47. The zero-order valence-electron chi connectivity index (χ0n) is 14.8. The summed E-state index contributed by atoms with van der Waals surface area (Å²) in [6.45, 7) is 3.04. The van der Waals surface area contributed by atoms with Crippen molar-refractivity contribution in [1.29, 1.82) is 0 Å². The van der Waals surface area contributed by atoms with Gasteiger partial charge in [0.15, 0.2) is 0 Å². The highest BCUT2D eigenvalue weighted by atomic mass is 16.5. The number of likely N-dealkylation sites (tertiary alicyclic amines) is 1. The van der Waals surface area contributed by atoms with Crippen LogP contribution < -0.4 is 4.74 Å². The van der Waals surface area contributed by atoms with Crippen LogP contribution >= 0.6 is 0 Å². The Morgan fingerprint density at radius 1 is 1.12 bits per heavy atom. The van der Waals surface area contributed by atoms with Crippen LogP contribution in [0.5, 0.6) is 5.88 Å². The first kappa shape index (κ1) is 16.3. The van der Waals surface area contributed by atoms with Gasteiger partial charge in [-0.3, -0.25) is 9.48 Å². The van der Waals surface area contributed by atoms with Crippen molar-refractivity contribution in [2.24, 2.45) is 7.05 Å². The highest BCUT2D eigenvalue weighted by Crippen LogP contribution is 2.22. The zero-order valence-corrected chi connectivity index (χ0v) is 14.8. The SMILES string of the molecule is Cc1cccc(OC2CN(C(=O)c3cc(-c4ccccc4)nn3C)C2)n1. The molecule has 0 unspecified atom stereocenters. The summed E-state index contributed by atoms with van der Waals surface area (Å²) in [5.41, 5.74) is 3.29. The molecule has 0 aliphatic carbocycles. The number of rotatable bonds is 4. The standard InChI is InChI=1S/C20H20N4O2/c1-14-7-6-10-19(21-14)26-16-12-24(13-16)20(25)18-11-17(22-23(18)2)15-8-4-3-5-9-15/h3-11,16H,12-13H2,1-2H3. The van der Waals surface area contributed by atoms with E-state index in [0.717, 1.165) is 17.0 Å². The zero-order chi connectivity index (χ0) is 18.1. The molecule has 1 amide bonds. The smallest absolute Gasteiger partial charge is 0.272 e. The molecule has 0 bridgehead atoms. The summed E-state index contributed by atoms with van der Waals surface area (Å²) in [4.78, 5) is 18.8. The van der Waals surface area contributed by atoms with Crippen molar-refractivity contribution in [2.75, 3.05) is 13.1 Å². The minimum absolute atomic E-state index is 0.0185. The van der Waals surface area contributed by atoms with Crippen LogP contribution in [0.1, 0.15) is 16.2 Å². The summed E-state index contributed by atoms with van der Waals surface area (Å²) >= 11 is 0. The lowest BCUT2D eigenvalue weighted by atomic mass is 10.1. The van der Waals surface area contributed by atoms with Gasteiger partial charge in [0.1, 0.15) is 11.8 Å². The number of ether oxygens (including phenoxy) is 1. The maximum atomic E-state index is 12.7. The van der Waals surface area contributed by atoms with Gasteiger partial charge in [-0.25, -0.2) is 4.98 Å². The number of aryl methyl sites for hydroxylation is 2. The van der Waals surface area contributed by atoms with Crippen molar-refractivity contribution < 1.29 is 9.53 Å². The maximum absolute atomic E-state index is 12.7. The number of hydrogen-bond donors (Lipinski definition) is 0. The molecule has 2 aromatic heterocycles. The molecule has 1 saturated heterocycles. The Bertz CT molecular complexity index is 930. The van der Waals surface area contributed by atoms with Crippen molar-refractivity contribution in [1.82, 2.24) is 19.7 Å². The van der Waals surface area contributed by atoms with E-state index in [9.17, 15) is 4.79 Å². The van der Waals surface area contributed by atoms with E-state index in [4.69, 9.17) is 4.74 Å². The fraction of sp³-hybridized carbons (Fsp3) is 0.250. The Kier molecular flexibility index (Phi) is 4.16. The molecule has 1 aliphatic heterocycles. The largest absolute Gasteiger partial charge is 0.471 e. The molecule has 0 saturated carbocycles. The molecule has 132 valence electrons. The van der Waals surface area contributed by atoms with Gasteiger partial charge in [-0.05, 0) is 19.1 Å². The molecule has 0 radical (unpaired) electrons. The van der Waals surface area contributed by atoms with Gasteiger partial charge in [-0.2, -0.15) is 5.10 Å². The molecule has 4 rings (SSSR count). The van der Waals surface area contributed by atoms with Crippen molar-refractivity contribution in [3.8, 4) is 17.1 Å². The second-order valence-electron chi connectivity index (χ2n) is 6.47. The summed E-state index contributed by atoms with van der Waals surface area (Å²) < 4.78 is 7.46. The van der Waals surface area contributed by atoms with Crippen molar-refractivity contribution >= 4 is 5.91 Å². The third-order valence-corrected chi connectivity index (χ3v) is 4.45. The third kappa shape index (κ3) is 3.18. The molecule has 1 fully saturated rings. The topological polar surface area (TPSA) is 60.2 Å². The summed E-state index contributed by atoms with van der Waals surface area (Å²) in [7, 11) is 1.80. The van der Waals surface area contributed by atoms with Gasteiger partial charge in [0, 0.05) is 24.4 Å². The molecular weight excluding hydrogens is 328 g/mol. The molecule has 6 nitrogen and oxygen atoms in total. The summed E-state index contributed by atoms with van der Waals surface area (Å²) in [5.74, 6) is 0.577. The molecule has 0 atom stereocenters. The number of hydrogen-bond acceptors (Lipinski definition) is 4. The highest BCUT2D eigenvalue weighted by Gasteiger charge is 2.34. The van der Waals surface area contributed by atoms with Crippen molar-refractivity contribution in [3.63, 3.8) is 0 Å². The van der Waals surface area contributed by atoms with E-state index in [1.165, 1.54) is 0 Å². The number of benzene rings is 1. The third-order valence-electron chi connectivity index (χ3n) is 4.45. The van der Waals surface area contributed by atoms with E-state index < -0.39 is 0 Å². The molecule has 1 aromatic carbocycles. The second kappa shape index (κ2) is 6.63. The number of amides is 1. The molecule has 0 spiro atoms. The Balaban J connectivity index is 1.41. The number of carbonyl (C=O) groups is 1. The average Bonchev–Trinajstić information content (AvgIpc) is 3.00. The van der Waals surface area contributed by atoms with Gasteiger partial charge in [0.05, 0.1) is 18.8 Å². The minimum Gasteiger partial charge on any atom is -0.471 e. The number of pyridine rings is 1. The van der Waals surface area contributed by atoms with Gasteiger partial charge in [-0.1, -0.05) is 36.4 Å². The van der Waals surface area contributed by atoms with Crippen LogP contribution in [-0.2, 0) is 7.05 Å².